The van der Waals surface area contributed by atoms with Crippen molar-refractivity contribution in [1.29, 1.82) is 0 Å². The van der Waals surface area contributed by atoms with Crippen molar-refractivity contribution in [2.45, 2.75) is 77.4 Å². The quantitative estimate of drug-likeness (QED) is 0.137. The van der Waals surface area contributed by atoms with Crippen LogP contribution in [-0.2, 0) is 9.47 Å². The molecule has 4 nitrogen and oxygen atoms in total. The molecule has 2 rings (SSSR count). The lowest BCUT2D eigenvalue weighted by molar-refractivity contribution is -0.0800. The van der Waals surface area contributed by atoms with Gasteiger partial charge in [0.15, 0.2) is 0 Å². The lowest BCUT2D eigenvalue weighted by Gasteiger charge is -2.29. The molecule has 0 aliphatic carbocycles. The molecule has 2 aromatic rings. The van der Waals surface area contributed by atoms with Gasteiger partial charge < -0.3 is 9.47 Å². The number of unbranched alkanes of at least 4 members (excludes halogenated alkanes) is 6. The van der Waals surface area contributed by atoms with Crippen molar-refractivity contribution < 1.29 is 9.47 Å². The average molecular weight is 700 g/mol. The first kappa shape index (κ1) is 28.4. The lowest BCUT2D eigenvalue weighted by atomic mass is 9.99. The maximum Gasteiger partial charge on any atom is 0.113 e. The summed E-state index contributed by atoms with van der Waals surface area (Å²) in [7, 11) is 0. The second-order valence-corrected chi connectivity index (χ2v) is 11.0. The summed E-state index contributed by atoms with van der Waals surface area (Å²) >= 11 is 14.1. The van der Waals surface area contributed by atoms with Crippen LogP contribution in [0.25, 0.3) is 0 Å². The van der Waals surface area contributed by atoms with Gasteiger partial charge in [-0.1, -0.05) is 52.4 Å². The fourth-order valence-corrected chi connectivity index (χ4v) is 5.79. The summed E-state index contributed by atoms with van der Waals surface area (Å²) in [6, 6.07) is 8.06. The number of hydrogen-bond donors (Lipinski definition) is 0. The van der Waals surface area contributed by atoms with Crippen LogP contribution in [0.5, 0.6) is 0 Å². The van der Waals surface area contributed by atoms with Gasteiger partial charge in [-0.05, 0) is 112 Å². The minimum absolute atomic E-state index is 0.264. The van der Waals surface area contributed by atoms with E-state index in [0.29, 0.717) is 13.2 Å². The monoisotopic (exact) mass is 696 g/mol. The summed E-state index contributed by atoms with van der Waals surface area (Å²) in [5.41, 5.74) is 2.05. The van der Waals surface area contributed by atoms with Gasteiger partial charge in [-0.15, -0.1) is 0 Å². The molecule has 0 spiro atoms. The number of hydrogen-bond acceptors (Lipinski definition) is 4. The minimum Gasteiger partial charge on any atom is -0.370 e. The summed E-state index contributed by atoms with van der Waals surface area (Å²) < 4.78 is 16.1. The van der Waals surface area contributed by atoms with Crippen molar-refractivity contribution in [2.24, 2.45) is 0 Å². The predicted molar refractivity (Wildman–Crippen MR) is 145 cm³/mol. The van der Waals surface area contributed by atoms with Gasteiger partial charge in [0.1, 0.15) is 30.6 Å². The van der Waals surface area contributed by atoms with E-state index in [1.165, 1.54) is 38.5 Å². The molecule has 0 aromatic carbocycles. The van der Waals surface area contributed by atoms with Crippen LogP contribution in [0.1, 0.15) is 88.5 Å². The molecule has 2 heterocycles. The van der Waals surface area contributed by atoms with E-state index in [4.69, 9.17) is 9.47 Å². The van der Waals surface area contributed by atoms with Crippen LogP contribution in [0.15, 0.2) is 42.7 Å². The molecule has 0 aliphatic heterocycles. The number of nitrogens with zero attached hydrogens (tertiary/aromatic N) is 2. The summed E-state index contributed by atoms with van der Waals surface area (Å²) in [6.45, 7) is 5.81. The zero-order chi connectivity index (χ0) is 23.3. The highest BCUT2D eigenvalue weighted by Crippen LogP contribution is 2.38. The van der Waals surface area contributed by atoms with Crippen LogP contribution in [0.2, 0.25) is 0 Å². The molecule has 178 valence electrons. The molecule has 0 saturated heterocycles. The number of rotatable bonds is 15. The Morgan fingerprint density at radius 1 is 0.594 bits per heavy atom. The molecule has 32 heavy (non-hydrogen) atoms. The zero-order valence-corrected chi connectivity index (χ0v) is 25.1. The minimum atomic E-state index is -0.264. The van der Waals surface area contributed by atoms with Crippen LogP contribution < -0.4 is 0 Å². The molecule has 8 heteroatoms. The van der Waals surface area contributed by atoms with Crippen molar-refractivity contribution in [1.82, 2.24) is 9.97 Å². The standard InChI is InChI=1S/C24H32Br4N2O2/c1-3-5-7-9-11-31-23(17-13-19(25)29-20(26)14-17)24(32-12-10-8-6-4-2)18-15-21(27)30-22(28)16-18/h13-16,23-24H,3-12H2,1-2H3. The second kappa shape index (κ2) is 15.9. The molecule has 0 aliphatic rings. The van der Waals surface area contributed by atoms with E-state index in [2.05, 4.69) is 87.5 Å². The number of pyridine rings is 2. The van der Waals surface area contributed by atoms with E-state index in [9.17, 15) is 0 Å². The first-order valence-electron chi connectivity index (χ1n) is 11.3. The Morgan fingerprint density at radius 2 is 0.938 bits per heavy atom. The smallest absolute Gasteiger partial charge is 0.113 e. The Labute approximate surface area is 226 Å². The molecule has 0 N–H and O–H groups in total. The first-order chi connectivity index (χ1) is 15.4. The van der Waals surface area contributed by atoms with E-state index >= 15 is 0 Å². The van der Waals surface area contributed by atoms with Gasteiger partial charge in [0, 0.05) is 13.2 Å². The average Bonchev–Trinajstić information content (AvgIpc) is 2.72. The summed E-state index contributed by atoms with van der Waals surface area (Å²) in [4.78, 5) is 8.81. The number of ether oxygens (including phenoxy) is 2. The van der Waals surface area contributed by atoms with Crippen molar-refractivity contribution >= 4 is 63.7 Å². The third-order valence-corrected chi connectivity index (χ3v) is 6.72. The van der Waals surface area contributed by atoms with Crippen LogP contribution in [0.4, 0.5) is 0 Å². The fourth-order valence-electron chi connectivity index (χ4n) is 3.49. The summed E-state index contributed by atoms with van der Waals surface area (Å²) in [5.74, 6) is 0. The van der Waals surface area contributed by atoms with Gasteiger partial charge in [0.05, 0.1) is 0 Å². The number of halogens is 4. The number of aromatic nitrogens is 2. The van der Waals surface area contributed by atoms with Crippen molar-refractivity contribution in [2.75, 3.05) is 13.2 Å². The Morgan fingerprint density at radius 3 is 1.25 bits per heavy atom. The highest BCUT2D eigenvalue weighted by Gasteiger charge is 2.28. The van der Waals surface area contributed by atoms with E-state index in [0.717, 1.165) is 42.4 Å². The molecule has 2 atom stereocenters. The van der Waals surface area contributed by atoms with Gasteiger partial charge in [-0.3, -0.25) is 0 Å². The molecule has 0 bridgehead atoms. The first-order valence-corrected chi connectivity index (χ1v) is 14.5. The van der Waals surface area contributed by atoms with Crippen LogP contribution >= 0.6 is 63.7 Å². The third kappa shape index (κ3) is 10.2. The van der Waals surface area contributed by atoms with Crippen LogP contribution in [0, 0.1) is 0 Å². The fraction of sp³-hybridized carbons (Fsp3) is 0.583. The second-order valence-electron chi connectivity index (χ2n) is 7.80. The summed E-state index contributed by atoms with van der Waals surface area (Å²) in [6.07, 6.45) is 8.73. The molecular formula is C24H32Br4N2O2. The van der Waals surface area contributed by atoms with Gasteiger partial charge in [-0.2, -0.15) is 0 Å². The lowest BCUT2D eigenvalue weighted by Crippen LogP contribution is -2.20. The van der Waals surface area contributed by atoms with Gasteiger partial charge in [-0.25, -0.2) is 9.97 Å². The van der Waals surface area contributed by atoms with Gasteiger partial charge in [0.25, 0.3) is 0 Å². The molecule has 2 aromatic heterocycles. The van der Waals surface area contributed by atoms with Gasteiger partial charge in [0.2, 0.25) is 0 Å². The molecule has 0 amide bonds. The molecular weight excluding hydrogens is 668 g/mol. The van der Waals surface area contributed by atoms with E-state index in [-0.39, 0.29) is 12.2 Å². The van der Waals surface area contributed by atoms with Crippen molar-refractivity contribution in [3.63, 3.8) is 0 Å². The van der Waals surface area contributed by atoms with Crippen molar-refractivity contribution in [3.8, 4) is 0 Å². The van der Waals surface area contributed by atoms with Gasteiger partial charge >= 0.3 is 0 Å². The third-order valence-electron chi connectivity index (χ3n) is 5.09. The normalized spacial score (nSPS) is 13.3. The van der Waals surface area contributed by atoms with Crippen LogP contribution in [-0.4, -0.2) is 23.2 Å². The van der Waals surface area contributed by atoms with E-state index in [1.807, 2.05) is 24.3 Å². The highest BCUT2D eigenvalue weighted by atomic mass is 79.9. The topological polar surface area (TPSA) is 44.2 Å². The molecule has 2 unspecified atom stereocenters. The Hall–Kier alpha value is 0.140. The van der Waals surface area contributed by atoms with Crippen LogP contribution in [0.3, 0.4) is 0 Å². The Kier molecular flexibility index (Phi) is 14.1. The maximum absolute atomic E-state index is 6.51. The largest absolute Gasteiger partial charge is 0.370 e. The highest BCUT2D eigenvalue weighted by molar-refractivity contribution is 9.11. The SMILES string of the molecule is CCCCCCOC(c1cc(Br)nc(Br)c1)C(OCCCCCC)c1cc(Br)nc(Br)c1. The Balaban J connectivity index is 2.34. The van der Waals surface area contributed by atoms with E-state index in [1.54, 1.807) is 0 Å². The molecule has 0 saturated carbocycles. The predicted octanol–water partition coefficient (Wildman–Crippen LogP) is 9.50. The Bertz CT molecular complexity index is 715. The maximum atomic E-state index is 6.51. The van der Waals surface area contributed by atoms with E-state index < -0.39 is 0 Å². The van der Waals surface area contributed by atoms with Crippen molar-refractivity contribution in [3.05, 3.63) is 53.8 Å². The zero-order valence-electron chi connectivity index (χ0n) is 18.8. The molecule has 0 radical (unpaired) electrons. The summed E-state index contributed by atoms with van der Waals surface area (Å²) in [5, 5.41) is 0. The molecule has 0 fully saturated rings.